The summed E-state index contributed by atoms with van der Waals surface area (Å²) in [6.45, 7) is 3.47. The van der Waals surface area contributed by atoms with E-state index in [1.54, 1.807) is 0 Å². The molecule has 1 fully saturated rings. The lowest BCUT2D eigenvalue weighted by Crippen LogP contribution is -2.43. The topological polar surface area (TPSA) is 32.3 Å². The highest BCUT2D eigenvalue weighted by atomic mass is 35.5. The zero-order valence-electron chi connectivity index (χ0n) is 10.7. The number of halogens is 1. The van der Waals surface area contributed by atoms with Crippen LogP contribution in [0.2, 0.25) is 5.02 Å². The lowest BCUT2D eigenvalue weighted by atomic mass is 9.97. The minimum Gasteiger partial charge on any atom is -0.389 e. The first-order valence-electron chi connectivity index (χ1n) is 6.35. The second-order valence-corrected chi connectivity index (χ2v) is 6.66. The van der Waals surface area contributed by atoms with Gasteiger partial charge in [-0.15, -0.1) is 0 Å². The number of benzene rings is 1. The summed E-state index contributed by atoms with van der Waals surface area (Å²) >= 11 is 7.92. The molecule has 4 heteroatoms. The Balaban J connectivity index is 1.82. The number of rotatable bonds is 4. The fourth-order valence-corrected chi connectivity index (χ4v) is 3.55. The van der Waals surface area contributed by atoms with Gasteiger partial charge in [0.05, 0.1) is 5.60 Å². The number of hydrogen-bond donors (Lipinski definition) is 2. The van der Waals surface area contributed by atoms with Crippen molar-refractivity contribution in [1.29, 1.82) is 0 Å². The molecular weight excluding hydrogens is 266 g/mol. The van der Waals surface area contributed by atoms with Gasteiger partial charge in [-0.3, -0.25) is 0 Å². The first kappa shape index (κ1) is 14.2. The monoisotopic (exact) mass is 285 g/mol. The fourth-order valence-electron chi connectivity index (χ4n) is 2.18. The lowest BCUT2D eigenvalue weighted by Gasteiger charge is -2.32. The highest BCUT2D eigenvalue weighted by molar-refractivity contribution is 7.99. The number of nitrogens with one attached hydrogen (secondary N) is 1. The number of hydrogen-bond acceptors (Lipinski definition) is 3. The Labute approximate surface area is 118 Å². The van der Waals surface area contributed by atoms with E-state index in [0.29, 0.717) is 6.54 Å². The molecule has 1 aliphatic rings. The summed E-state index contributed by atoms with van der Waals surface area (Å²) in [6, 6.07) is 6.05. The van der Waals surface area contributed by atoms with E-state index in [9.17, 15) is 5.11 Å². The van der Waals surface area contributed by atoms with Crippen molar-refractivity contribution < 1.29 is 5.11 Å². The smallest absolute Gasteiger partial charge is 0.0787 e. The molecule has 1 heterocycles. The van der Waals surface area contributed by atoms with Crippen molar-refractivity contribution in [2.75, 3.05) is 18.1 Å². The minimum atomic E-state index is -0.507. The third-order valence-electron chi connectivity index (χ3n) is 3.43. The van der Waals surface area contributed by atoms with Crippen LogP contribution in [-0.2, 0) is 6.54 Å². The largest absolute Gasteiger partial charge is 0.389 e. The number of aliphatic hydroxyl groups is 1. The summed E-state index contributed by atoms with van der Waals surface area (Å²) in [5.74, 6) is 2.14. The van der Waals surface area contributed by atoms with Crippen molar-refractivity contribution in [3.63, 3.8) is 0 Å². The molecule has 2 N–H and O–H groups in total. The zero-order valence-corrected chi connectivity index (χ0v) is 12.3. The second-order valence-electron chi connectivity index (χ2n) is 5.02. The summed E-state index contributed by atoms with van der Waals surface area (Å²) in [5, 5.41) is 14.5. The second kappa shape index (κ2) is 6.29. The van der Waals surface area contributed by atoms with Crippen LogP contribution in [0.3, 0.4) is 0 Å². The molecule has 0 unspecified atom stereocenters. The van der Waals surface area contributed by atoms with E-state index in [2.05, 4.69) is 11.4 Å². The van der Waals surface area contributed by atoms with Crippen LogP contribution in [0.25, 0.3) is 0 Å². The van der Waals surface area contributed by atoms with Crippen LogP contribution in [0.4, 0.5) is 0 Å². The molecule has 1 saturated heterocycles. The number of thioether (sulfide) groups is 1. The van der Waals surface area contributed by atoms with Gasteiger partial charge in [-0.05, 0) is 48.5 Å². The van der Waals surface area contributed by atoms with Gasteiger partial charge < -0.3 is 10.4 Å². The van der Waals surface area contributed by atoms with E-state index in [4.69, 9.17) is 11.6 Å². The maximum absolute atomic E-state index is 10.4. The molecule has 0 bridgehead atoms. The number of aryl methyl sites for hydroxylation is 1. The summed E-state index contributed by atoms with van der Waals surface area (Å²) in [5.41, 5.74) is 1.81. The highest BCUT2D eigenvalue weighted by Gasteiger charge is 2.28. The molecule has 1 aliphatic heterocycles. The Morgan fingerprint density at radius 2 is 2.11 bits per heavy atom. The SMILES string of the molecule is Cc1cc(CNCC2(O)CCSCC2)ccc1Cl. The summed E-state index contributed by atoms with van der Waals surface area (Å²) in [6.07, 6.45) is 1.79. The van der Waals surface area contributed by atoms with Crippen molar-refractivity contribution >= 4 is 23.4 Å². The molecule has 0 aromatic heterocycles. The zero-order chi connectivity index (χ0) is 13.0. The first-order valence-corrected chi connectivity index (χ1v) is 7.88. The molecule has 0 saturated carbocycles. The van der Waals surface area contributed by atoms with Gasteiger partial charge >= 0.3 is 0 Å². The minimum absolute atomic E-state index is 0.507. The summed E-state index contributed by atoms with van der Waals surface area (Å²) in [7, 11) is 0. The normalized spacial score (nSPS) is 18.8. The van der Waals surface area contributed by atoms with Crippen molar-refractivity contribution in [3.05, 3.63) is 34.3 Å². The van der Waals surface area contributed by atoms with Gasteiger partial charge in [0.25, 0.3) is 0 Å². The van der Waals surface area contributed by atoms with Crippen molar-refractivity contribution in [2.24, 2.45) is 0 Å². The van der Waals surface area contributed by atoms with Gasteiger partial charge in [-0.2, -0.15) is 11.8 Å². The van der Waals surface area contributed by atoms with Crippen molar-refractivity contribution in [1.82, 2.24) is 5.32 Å². The molecule has 18 heavy (non-hydrogen) atoms. The van der Waals surface area contributed by atoms with E-state index in [1.807, 2.05) is 30.8 Å². The maximum atomic E-state index is 10.4. The quantitative estimate of drug-likeness (QED) is 0.892. The van der Waals surface area contributed by atoms with E-state index in [0.717, 1.165) is 41.5 Å². The molecule has 1 aromatic carbocycles. The molecule has 2 rings (SSSR count). The standard InChI is InChI=1S/C14H20ClNOS/c1-11-8-12(2-3-13(11)15)9-16-10-14(17)4-6-18-7-5-14/h2-3,8,16-17H,4-7,9-10H2,1H3. The molecule has 0 radical (unpaired) electrons. The fraction of sp³-hybridized carbons (Fsp3) is 0.571. The Morgan fingerprint density at radius 1 is 1.39 bits per heavy atom. The molecular formula is C14H20ClNOS. The third kappa shape index (κ3) is 3.89. The van der Waals surface area contributed by atoms with Crippen LogP contribution >= 0.6 is 23.4 Å². The molecule has 0 spiro atoms. The predicted octanol–water partition coefficient (Wildman–Crippen LogP) is 3.00. The predicted molar refractivity (Wildman–Crippen MR) is 79.4 cm³/mol. The Morgan fingerprint density at radius 3 is 2.78 bits per heavy atom. The molecule has 0 aliphatic carbocycles. The van der Waals surface area contributed by atoms with Crippen LogP contribution in [-0.4, -0.2) is 28.8 Å². The van der Waals surface area contributed by atoms with Crippen LogP contribution in [0.1, 0.15) is 24.0 Å². The van der Waals surface area contributed by atoms with Crippen molar-refractivity contribution in [3.8, 4) is 0 Å². The van der Waals surface area contributed by atoms with Crippen LogP contribution in [0, 0.1) is 6.92 Å². The van der Waals surface area contributed by atoms with E-state index in [1.165, 1.54) is 5.56 Å². The van der Waals surface area contributed by atoms with E-state index >= 15 is 0 Å². The Bertz CT molecular complexity index is 405. The molecule has 0 atom stereocenters. The lowest BCUT2D eigenvalue weighted by molar-refractivity contribution is 0.0320. The van der Waals surface area contributed by atoms with Gasteiger partial charge in [0, 0.05) is 18.1 Å². The molecule has 1 aromatic rings. The average Bonchev–Trinajstić information content (AvgIpc) is 2.34. The Kier molecular flexibility index (Phi) is 4.96. The molecule has 100 valence electrons. The Hall–Kier alpha value is -0.220. The summed E-state index contributed by atoms with van der Waals surface area (Å²) < 4.78 is 0. The maximum Gasteiger partial charge on any atom is 0.0787 e. The van der Waals surface area contributed by atoms with Gasteiger partial charge in [-0.1, -0.05) is 23.7 Å². The van der Waals surface area contributed by atoms with Crippen molar-refractivity contribution in [2.45, 2.75) is 31.9 Å². The van der Waals surface area contributed by atoms with Crippen LogP contribution in [0.5, 0.6) is 0 Å². The summed E-state index contributed by atoms with van der Waals surface area (Å²) in [4.78, 5) is 0. The van der Waals surface area contributed by atoms with E-state index < -0.39 is 5.60 Å². The molecule has 2 nitrogen and oxygen atoms in total. The van der Waals surface area contributed by atoms with Gasteiger partial charge in [0.1, 0.15) is 0 Å². The van der Waals surface area contributed by atoms with Gasteiger partial charge in [-0.25, -0.2) is 0 Å². The van der Waals surface area contributed by atoms with Gasteiger partial charge in [0.2, 0.25) is 0 Å². The average molecular weight is 286 g/mol. The molecule has 0 amide bonds. The first-order chi connectivity index (χ1) is 8.59. The van der Waals surface area contributed by atoms with E-state index in [-0.39, 0.29) is 0 Å². The van der Waals surface area contributed by atoms with Crippen LogP contribution < -0.4 is 5.32 Å². The third-order valence-corrected chi connectivity index (χ3v) is 4.84. The van der Waals surface area contributed by atoms with Crippen LogP contribution in [0.15, 0.2) is 18.2 Å². The van der Waals surface area contributed by atoms with Gasteiger partial charge in [0.15, 0.2) is 0 Å². The highest BCUT2D eigenvalue weighted by Crippen LogP contribution is 2.26.